The standard InChI is InChI=1S/C30H29Cl2N6O3/c1-5-23(40)35-11-12-36(17(3)14-35)28-20-13-22(32)27(24-19(15-39)7-6-8-21(24)31)37-18(4)25-26(16(2)9-10-33-25)38(29(20)37)30(41)34-28/h5-8,10,13,15-18H,1,9,11-12,14H2,2-4H3/q+1/t16?,17-,18?/m0/s1. The molecule has 6 rings (SSSR count). The number of aliphatic imine (C=N–C) groups is 1. The SMILES string of the molecule is C=CC(=O)N1CCN(c2nc(=O)n3c4c2cc(Cl)c(-c2c(Cl)cccc2C=O)[n+]4C(C)C2=C3C(C)CC=N2)[C@@H](C)C1. The molecule has 210 valence electrons. The molecule has 1 saturated heterocycles. The fourth-order valence-corrected chi connectivity index (χ4v) is 6.92. The van der Waals surface area contributed by atoms with Crippen molar-refractivity contribution in [3.8, 4) is 11.3 Å². The molecule has 3 atom stereocenters. The minimum Gasteiger partial charge on any atom is -0.349 e. The molecule has 3 aliphatic rings. The van der Waals surface area contributed by atoms with E-state index < -0.39 is 5.69 Å². The molecule has 2 aromatic heterocycles. The van der Waals surface area contributed by atoms with E-state index in [2.05, 4.69) is 23.4 Å². The van der Waals surface area contributed by atoms with Gasteiger partial charge in [0.1, 0.15) is 22.8 Å². The Labute approximate surface area is 247 Å². The molecule has 0 aliphatic carbocycles. The lowest BCUT2D eigenvalue weighted by Gasteiger charge is -2.40. The number of anilines is 1. The zero-order valence-corrected chi connectivity index (χ0v) is 24.5. The maximum atomic E-state index is 14.0. The fourth-order valence-electron chi connectivity index (χ4n) is 6.36. The number of hydrogen-bond donors (Lipinski definition) is 0. The molecule has 2 unspecified atom stereocenters. The van der Waals surface area contributed by atoms with Crippen LogP contribution in [0.4, 0.5) is 5.82 Å². The summed E-state index contributed by atoms with van der Waals surface area (Å²) < 4.78 is 3.61. The number of pyridine rings is 1. The molecular weight excluding hydrogens is 563 g/mol. The van der Waals surface area contributed by atoms with Gasteiger partial charge in [-0.25, -0.2) is 9.36 Å². The number of fused-ring (bicyclic) bond motifs is 1. The van der Waals surface area contributed by atoms with E-state index in [0.717, 1.165) is 17.7 Å². The van der Waals surface area contributed by atoms with E-state index in [9.17, 15) is 14.4 Å². The summed E-state index contributed by atoms with van der Waals surface area (Å²) in [5, 5.41) is 1.42. The number of halogens is 2. The van der Waals surface area contributed by atoms with Crippen molar-refractivity contribution in [1.82, 2.24) is 14.5 Å². The second kappa shape index (κ2) is 10.2. The Morgan fingerprint density at radius 3 is 2.66 bits per heavy atom. The molecule has 9 nitrogen and oxygen atoms in total. The molecule has 0 spiro atoms. The molecule has 1 fully saturated rings. The van der Waals surface area contributed by atoms with Crippen LogP contribution < -0.4 is 15.2 Å². The molecule has 1 aromatic carbocycles. The third kappa shape index (κ3) is 4.13. The number of carbonyl (C=O) groups is 2. The van der Waals surface area contributed by atoms with Gasteiger partial charge in [-0.3, -0.25) is 14.6 Å². The van der Waals surface area contributed by atoms with Gasteiger partial charge in [-0.15, -0.1) is 4.57 Å². The molecule has 41 heavy (non-hydrogen) atoms. The average molecular weight is 593 g/mol. The van der Waals surface area contributed by atoms with Crippen molar-refractivity contribution in [2.45, 2.75) is 39.3 Å². The smallest absolute Gasteiger partial charge is 0.349 e. The van der Waals surface area contributed by atoms with Crippen molar-refractivity contribution in [2.75, 3.05) is 24.5 Å². The zero-order chi connectivity index (χ0) is 29.2. The highest BCUT2D eigenvalue weighted by atomic mass is 35.5. The second-order valence-electron chi connectivity index (χ2n) is 10.7. The molecule has 0 bridgehead atoms. The number of aromatic nitrogens is 3. The molecule has 0 radical (unpaired) electrons. The quantitative estimate of drug-likeness (QED) is 0.252. The van der Waals surface area contributed by atoms with Crippen LogP contribution in [0, 0.1) is 5.92 Å². The number of piperazine rings is 1. The van der Waals surface area contributed by atoms with E-state index >= 15 is 0 Å². The van der Waals surface area contributed by atoms with Gasteiger partial charge in [0, 0.05) is 43.4 Å². The first-order valence-electron chi connectivity index (χ1n) is 13.6. The fraction of sp³-hybridized carbons (Fsp3) is 0.333. The minimum absolute atomic E-state index is 0.0320. The summed E-state index contributed by atoms with van der Waals surface area (Å²) in [6.07, 6.45) is 4.64. The summed E-state index contributed by atoms with van der Waals surface area (Å²) in [5.74, 6) is 0.403. The van der Waals surface area contributed by atoms with Gasteiger partial charge in [0.25, 0.3) is 0 Å². The monoisotopic (exact) mass is 591 g/mol. The van der Waals surface area contributed by atoms with E-state index in [1.165, 1.54) is 6.08 Å². The van der Waals surface area contributed by atoms with Gasteiger partial charge >= 0.3 is 11.3 Å². The molecule has 11 heteroatoms. The van der Waals surface area contributed by atoms with E-state index in [0.29, 0.717) is 69.8 Å². The Balaban J connectivity index is 1.69. The Hall–Kier alpha value is -3.82. The van der Waals surface area contributed by atoms with Crippen LogP contribution in [-0.2, 0) is 4.79 Å². The maximum Gasteiger partial charge on any atom is 0.441 e. The highest BCUT2D eigenvalue weighted by molar-refractivity contribution is 6.37. The first-order chi connectivity index (χ1) is 19.7. The van der Waals surface area contributed by atoms with Crippen LogP contribution in [0.1, 0.15) is 43.6 Å². The van der Waals surface area contributed by atoms with Gasteiger partial charge in [-0.2, -0.15) is 4.98 Å². The largest absolute Gasteiger partial charge is 0.441 e. The second-order valence-corrected chi connectivity index (χ2v) is 11.6. The molecule has 3 aliphatic heterocycles. The van der Waals surface area contributed by atoms with Crippen LogP contribution in [0.15, 0.2) is 52.4 Å². The van der Waals surface area contributed by atoms with Crippen molar-refractivity contribution in [1.29, 1.82) is 0 Å². The Morgan fingerprint density at radius 1 is 1.17 bits per heavy atom. The third-order valence-corrected chi connectivity index (χ3v) is 8.89. The van der Waals surface area contributed by atoms with Crippen LogP contribution in [0.5, 0.6) is 0 Å². The lowest BCUT2D eigenvalue weighted by molar-refractivity contribution is -0.679. The average Bonchev–Trinajstić information content (AvgIpc) is 2.96. The highest BCUT2D eigenvalue weighted by Crippen LogP contribution is 2.43. The first-order valence-corrected chi connectivity index (χ1v) is 14.3. The van der Waals surface area contributed by atoms with Gasteiger partial charge in [0.05, 0.1) is 15.6 Å². The van der Waals surface area contributed by atoms with Gasteiger partial charge in [0.15, 0.2) is 17.8 Å². The summed E-state index contributed by atoms with van der Waals surface area (Å²) >= 11 is 13.8. The lowest BCUT2D eigenvalue weighted by Crippen LogP contribution is -2.55. The highest BCUT2D eigenvalue weighted by Gasteiger charge is 2.43. The van der Waals surface area contributed by atoms with Crippen molar-refractivity contribution < 1.29 is 14.2 Å². The van der Waals surface area contributed by atoms with E-state index in [1.807, 2.05) is 30.7 Å². The number of hydrogen-bond acceptors (Lipinski definition) is 6. The Morgan fingerprint density at radius 2 is 1.95 bits per heavy atom. The molecule has 5 heterocycles. The molecule has 0 saturated carbocycles. The van der Waals surface area contributed by atoms with E-state index in [1.54, 1.807) is 27.7 Å². The minimum atomic E-state index is -0.426. The number of carbonyl (C=O) groups excluding carboxylic acids is 2. The summed E-state index contributed by atoms with van der Waals surface area (Å²) in [4.78, 5) is 51.6. The van der Waals surface area contributed by atoms with Crippen LogP contribution >= 0.6 is 23.2 Å². The number of allylic oxidation sites excluding steroid dienone is 2. The molecule has 3 aromatic rings. The number of rotatable bonds is 4. The molecule has 1 amide bonds. The number of nitrogens with zero attached hydrogens (tertiary/aromatic N) is 6. The van der Waals surface area contributed by atoms with Crippen LogP contribution in [-0.4, -0.2) is 58.5 Å². The summed E-state index contributed by atoms with van der Waals surface area (Å²) in [6, 6.07) is 6.48. The predicted octanol–water partition coefficient (Wildman–Crippen LogP) is 4.55. The molecule has 0 N–H and O–H groups in total. The van der Waals surface area contributed by atoms with Gasteiger partial charge in [0.2, 0.25) is 5.91 Å². The molecular formula is C30H29Cl2N6O3+. The predicted molar refractivity (Wildman–Crippen MR) is 161 cm³/mol. The van der Waals surface area contributed by atoms with Crippen molar-refractivity contribution in [3.05, 3.63) is 68.7 Å². The maximum absolute atomic E-state index is 14.0. The van der Waals surface area contributed by atoms with Crippen LogP contribution in [0.25, 0.3) is 28.0 Å². The summed E-state index contributed by atoms with van der Waals surface area (Å²) in [6.45, 7) is 11.1. The van der Waals surface area contributed by atoms with Gasteiger partial charge in [-0.05, 0) is 38.5 Å². The zero-order valence-electron chi connectivity index (χ0n) is 23.0. The number of aldehydes is 1. The van der Waals surface area contributed by atoms with Crippen molar-refractivity contribution >= 4 is 64.2 Å². The lowest BCUT2D eigenvalue weighted by atomic mass is 9.94. The number of benzene rings is 1. The van der Waals surface area contributed by atoms with Gasteiger partial charge < -0.3 is 9.80 Å². The first kappa shape index (κ1) is 27.4. The van der Waals surface area contributed by atoms with Crippen molar-refractivity contribution in [2.24, 2.45) is 10.9 Å². The third-order valence-electron chi connectivity index (χ3n) is 8.29. The normalized spacial score (nSPS) is 21.7. The van der Waals surface area contributed by atoms with Crippen LogP contribution in [0.2, 0.25) is 10.0 Å². The van der Waals surface area contributed by atoms with E-state index in [4.69, 9.17) is 28.2 Å². The Bertz CT molecular complexity index is 1780. The summed E-state index contributed by atoms with van der Waals surface area (Å²) in [5.41, 5.74) is 3.14. The Kier molecular flexibility index (Phi) is 6.82. The van der Waals surface area contributed by atoms with E-state index in [-0.39, 0.29) is 23.9 Å². The van der Waals surface area contributed by atoms with Crippen molar-refractivity contribution in [3.63, 3.8) is 0 Å². The van der Waals surface area contributed by atoms with Crippen LogP contribution in [0.3, 0.4) is 0 Å². The number of amides is 1. The summed E-state index contributed by atoms with van der Waals surface area (Å²) in [7, 11) is 0. The van der Waals surface area contributed by atoms with Gasteiger partial charge in [-0.1, -0.05) is 48.8 Å². The topological polar surface area (TPSA) is 91.8 Å².